The van der Waals surface area contributed by atoms with E-state index in [9.17, 15) is 98.0 Å². The van der Waals surface area contributed by atoms with Gasteiger partial charge in [-0.1, -0.05) is 20.8 Å². The number of halogens is 12. The number of rotatable bonds is 23. The van der Waals surface area contributed by atoms with Gasteiger partial charge in [-0.3, -0.25) is 28.8 Å². The molecule has 4 aliphatic heterocycles. The van der Waals surface area contributed by atoms with E-state index in [-0.39, 0.29) is 140 Å². The molecule has 4 atom stereocenters. The minimum Gasteiger partial charge on any atom is -0.477 e. The van der Waals surface area contributed by atoms with Crippen molar-refractivity contribution in [2.24, 2.45) is 5.73 Å². The van der Waals surface area contributed by atoms with Crippen LogP contribution >= 0.6 is 31.9 Å². The van der Waals surface area contributed by atoms with Crippen LogP contribution in [-0.4, -0.2) is 163 Å². The average molecular weight is 2150 g/mol. The topological polar surface area (TPSA) is 308 Å². The van der Waals surface area contributed by atoms with Gasteiger partial charge >= 0.3 is 17.9 Å². The van der Waals surface area contributed by atoms with E-state index >= 15 is 4.39 Å². The van der Waals surface area contributed by atoms with Crippen LogP contribution in [-0.2, 0) is 22.7 Å². The number of esters is 2. The predicted molar refractivity (Wildman–Crippen MR) is 548 cm³/mol. The summed E-state index contributed by atoms with van der Waals surface area (Å²) < 4.78 is 165. The number of aromatic carboxylic acids is 1. The fourth-order valence-corrected chi connectivity index (χ4v) is 21.7. The molecule has 6 aliphatic carbocycles. The van der Waals surface area contributed by atoms with Crippen molar-refractivity contribution in [1.29, 1.82) is 0 Å². The highest BCUT2D eigenvalue weighted by Crippen LogP contribution is 2.49. The van der Waals surface area contributed by atoms with Gasteiger partial charge in [-0.05, 0) is 284 Å². The second-order valence-corrected chi connectivity index (χ2v) is 41.9. The van der Waals surface area contributed by atoms with Crippen molar-refractivity contribution < 1.29 is 87.9 Å². The first-order valence-corrected chi connectivity index (χ1v) is 51.5. The highest BCUT2D eigenvalue weighted by atomic mass is 79.9. The molecule has 4 unspecified atom stereocenters. The van der Waals surface area contributed by atoms with E-state index in [1.807, 2.05) is 13.8 Å². The Bertz CT molecular complexity index is 7230. The number of alkyl halides is 4. The molecule has 0 spiro atoms. The number of ether oxygens (including phenoxy) is 2. The van der Waals surface area contributed by atoms with E-state index in [4.69, 9.17) is 15.2 Å². The molecule has 9 heterocycles. The molecule has 4 saturated heterocycles. The van der Waals surface area contributed by atoms with E-state index in [0.29, 0.717) is 197 Å². The normalized spacial score (nSPS) is 20.6. The number of aliphatic hydroxyl groups excluding tert-OH is 2. The number of aryl methyl sites for hydroxylation is 5. The molecule has 145 heavy (non-hydrogen) atoms. The maximum Gasteiger partial charge on any atom is 0.343 e. The first-order chi connectivity index (χ1) is 68.9. The standard InChI is InChI=1S/C22H26F2N2O3.C20H22F2N2O3.C20H24F2N2O2.C19H23F2N3O2.C16H15BrFNO3.C11H11BrFNO/c1-4-22(24)8-9-25(12-22)19-13(3)18-14(11-17(19)23)10-16(21(28)29-5-2)20(27)26(18)15-6-7-15;1-3-20(22)6-7-23(10-20)17-11(2)16-12(9-15(17)21)8-14(19(26)27)18(25)24(16)13-4-5-13;1-3-20(22)6-7-23(11-20)18-12(2)17-13(9-16(18)21)8-14(10-25)19(26)24(17)15-4-5-15;1-11-16-12(6-13(8-25)18(26)24(16)14-2-3-14)7-15(20)17(11)23-5-4-19(21,9-22)10-23;1-3-22-16(21)11-6-9-7-12(18)13(17)8(2)14(9)19(15(11)20)10-4-5-10;1-6-10(12)9(13)4-7(5-15)11(6)14-8-2-3-8/h10-11,15H,4-9,12H2,1-3H3;8-9,13H,3-7,10H2,1-2H3,(H,26,27);8-9,15,25H,3-7,10-11H2,1-2H3;6-7,14,25H,2-5,8-10,22H2,1H3;6-7,10H,3-5H2,1-2H3;4-5,8,14H,2-3H2,1H3. The van der Waals surface area contributed by atoms with E-state index in [1.165, 1.54) is 59.2 Å². The Balaban J connectivity index is 0.000000126. The molecule has 10 aliphatic rings. The second-order valence-electron chi connectivity index (χ2n) is 40.3. The number of nitrogens with two attached hydrogens (primary N) is 1. The summed E-state index contributed by atoms with van der Waals surface area (Å²) in [5, 5.41) is 34.2. The SMILES string of the molecule is CCC1(F)CCN(c2c(F)cc3cc(C(=O)O)c(=O)n(C4CC4)c3c2C)C1.CCC1(F)CCN(c2c(F)cc3cc(CO)c(=O)n(C4CC4)c3c2C)C1.CCOC(=O)c1cc2cc(F)c(Br)c(C)c2n(C2CC2)c1=O.CCOC(=O)c1cc2cc(F)c(N3CCC(F)(CC)C3)c(C)c2n(C2CC2)c1=O.Cc1c(Br)c(F)cc(C=O)c1NC1CC1.Cc1c(N2CCC(F)(CN)C2)c(F)cc2cc(CO)c(=O)n(C3CC3)c12. The van der Waals surface area contributed by atoms with Gasteiger partial charge in [0, 0.05) is 144 Å². The Kier molecular flexibility index (Phi) is 30.9. The van der Waals surface area contributed by atoms with Crippen LogP contribution in [0.5, 0.6) is 0 Å². The molecular formula is C108H121Br2F10N11O14. The summed E-state index contributed by atoms with van der Waals surface area (Å²) in [5.74, 6) is -5.31. The van der Waals surface area contributed by atoms with Gasteiger partial charge in [0.25, 0.3) is 27.8 Å². The second kappa shape index (κ2) is 42.1. The number of pyridine rings is 5. The van der Waals surface area contributed by atoms with Crippen LogP contribution in [0.1, 0.15) is 273 Å². The lowest BCUT2D eigenvalue weighted by atomic mass is 10.0. The molecule has 21 rings (SSSR count). The predicted octanol–water partition coefficient (Wildman–Crippen LogP) is 20.9. The third-order valence-electron chi connectivity index (χ3n) is 29.9. The van der Waals surface area contributed by atoms with Gasteiger partial charge in [-0.2, -0.15) is 0 Å². The maximum absolute atomic E-state index is 15.2. The number of nitrogens with one attached hydrogen (secondary N) is 1. The summed E-state index contributed by atoms with van der Waals surface area (Å²) in [4.78, 5) is 117. The number of carbonyl (C=O) groups is 4. The number of hydrogen-bond donors (Lipinski definition) is 5. The number of fused-ring (bicyclic) bond motifs is 5. The van der Waals surface area contributed by atoms with Gasteiger partial charge in [0.1, 0.15) is 74.3 Å². The number of benzene rings is 6. The first kappa shape index (κ1) is 106. The highest BCUT2D eigenvalue weighted by molar-refractivity contribution is 9.10. The largest absolute Gasteiger partial charge is 0.477 e. The number of hydrogen-bond acceptors (Lipinski definition) is 19. The molecule has 0 radical (unpaired) electrons. The van der Waals surface area contributed by atoms with Gasteiger partial charge in [0.15, 0.2) is 6.29 Å². The molecule has 0 bridgehead atoms. The highest BCUT2D eigenvalue weighted by Gasteiger charge is 2.46. The smallest absolute Gasteiger partial charge is 0.343 e. The van der Waals surface area contributed by atoms with Crippen molar-refractivity contribution in [2.75, 3.05) is 97.0 Å². The zero-order chi connectivity index (χ0) is 105. The van der Waals surface area contributed by atoms with Crippen molar-refractivity contribution in [3.05, 3.63) is 229 Å². The van der Waals surface area contributed by atoms with Crippen molar-refractivity contribution in [1.82, 2.24) is 22.8 Å². The van der Waals surface area contributed by atoms with Crippen LogP contribution in [0.2, 0.25) is 0 Å². The fraction of sp³-hybridized carbons (Fsp3) is 0.491. The molecule has 37 heteroatoms. The van der Waals surface area contributed by atoms with Gasteiger partial charge in [0.05, 0.1) is 112 Å². The molecule has 5 aromatic heterocycles. The van der Waals surface area contributed by atoms with Crippen LogP contribution in [0, 0.1) is 76.4 Å². The van der Waals surface area contributed by atoms with Crippen LogP contribution in [0.15, 0.2) is 99.6 Å². The zero-order valence-electron chi connectivity index (χ0n) is 83.0. The number of aldehydes is 1. The maximum atomic E-state index is 15.2. The first-order valence-electron chi connectivity index (χ1n) is 49.9. The third-order valence-corrected chi connectivity index (χ3v) is 31.9. The number of aromatic nitrogens is 5. The minimum atomic E-state index is -1.51. The van der Waals surface area contributed by atoms with Gasteiger partial charge < -0.3 is 78.3 Å². The van der Waals surface area contributed by atoms with E-state index in [0.717, 1.165) is 88.3 Å². The molecular weight excluding hydrogens is 2030 g/mol. The lowest BCUT2D eigenvalue weighted by Crippen LogP contribution is -2.36. The van der Waals surface area contributed by atoms with Crippen LogP contribution in [0.25, 0.3) is 54.5 Å². The van der Waals surface area contributed by atoms with Gasteiger partial charge in [-0.25, -0.2) is 58.3 Å². The van der Waals surface area contributed by atoms with Gasteiger partial charge in [0.2, 0.25) is 0 Å². The zero-order valence-corrected chi connectivity index (χ0v) is 86.2. The molecule has 11 aromatic rings. The van der Waals surface area contributed by atoms with E-state index in [2.05, 4.69) is 37.2 Å². The molecule has 6 saturated carbocycles. The van der Waals surface area contributed by atoms with Crippen molar-refractivity contribution in [2.45, 2.75) is 270 Å². The summed E-state index contributed by atoms with van der Waals surface area (Å²) in [6.07, 6.45) is 14.0. The number of carbonyl (C=O) groups excluding carboxylic acids is 3. The van der Waals surface area contributed by atoms with Crippen LogP contribution in [0.4, 0.5) is 72.3 Å². The molecule has 25 nitrogen and oxygen atoms in total. The van der Waals surface area contributed by atoms with Crippen molar-refractivity contribution >= 4 is 139 Å². The Labute approximate surface area is 846 Å². The average Bonchev–Trinajstić information content (AvgIpc) is 1.46. The Morgan fingerprint density at radius 1 is 0.400 bits per heavy atom. The minimum absolute atomic E-state index is 0.00845. The summed E-state index contributed by atoms with van der Waals surface area (Å²) in [5.41, 5.74) is 8.06. The summed E-state index contributed by atoms with van der Waals surface area (Å²) in [7, 11) is 0. The monoisotopic (exact) mass is 2140 g/mol. The lowest BCUT2D eigenvalue weighted by molar-refractivity contribution is 0.0514. The van der Waals surface area contributed by atoms with E-state index < -0.39 is 86.6 Å². The van der Waals surface area contributed by atoms with Crippen molar-refractivity contribution in [3.63, 3.8) is 0 Å². The molecule has 10 fully saturated rings. The number of carboxylic acids is 1. The van der Waals surface area contributed by atoms with Crippen molar-refractivity contribution in [3.8, 4) is 0 Å². The number of carboxylic acid groups (broad SMARTS) is 1. The molecule has 6 N–H and O–H groups in total. The van der Waals surface area contributed by atoms with Crippen LogP contribution in [0.3, 0.4) is 0 Å². The van der Waals surface area contributed by atoms with Crippen LogP contribution < -0.4 is 58.4 Å². The summed E-state index contributed by atoms with van der Waals surface area (Å²) in [6, 6.07) is 15.9. The fourth-order valence-electron chi connectivity index (χ4n) is 21.1. The summed E-state index contributed by atoms with van der Waals surface area (Å²) >= 11 is 6.39. The van der Waals surface area contributed by atoms with Gasteiger partial charge in [-0.15, -0.1) is 0 Å². The molecule has 6 aromatic carbocycles. The Morgan fingerprint density at radius 3 is 0.952 bits per heavy atom. The number of nitrogens with zero attached hydrogens (tertiary/aromatic N) is 9. The molecule has 776 valence electrons. The lowest BCUT2D eigenvalue weighted by Gasteiger charge is -2.25. The molecule has 0 amide bonds. The third kappa shape index (κ3) is 21.2. The quantitative estimate of drug-likeness (QED) is 0.0226. The Hall–Kier alpha value is -11.4. The summed E-state index contributed by atoms with van der Waals surface area (Å²) in [6.45, 7) is 21.1. The number of anilines is 5. The number of aliphatic hydroxyl groups is 2. The van der Waals surface area contributed by atoms with E-state index in [1.54, 1.807) is 112 Å². The Morgan fingerprint density at radius 2 is 0.676 bits per heavy atom.